The largest absolute Gasteiger partial charge is 0.368 e. The molecule has 7 heteroatoms. The van der Waals surface area contributed by atoms with Crippen LogP contribution >= 0.6 is 0 Å². The van der Waals surface area contributed by atoms with Crippen LogP contribution in [0.2, 0.25) is 0 Å². The van der Waals surface area contributed by atoms with E-state index < -0.39 is 0 Å². The van der Waals surface area contributed by atoms with Crippen LogP contribution in [-0.2, 0) is 0 Å². The zero-order valence-corrected chi connectivity index (χ0v) is 16.0. The molecule has 1 unspecified atom stereocenters. The van der Waals surface area contributed by atoms with Gasteiger partial charge in [-0.15, -0.1) is 10.2 Å². The van der Waals surface area contributed by atoms with Gasteiger partial charge < -0.3 is 14.8 Å². The second-order valence-corrected chi connectivity index (χ2v) is 7.51. The Balaban J connectivity index is 1.71. The zero-order valence-electron chi connectivity index (χ0n) is 16.0. The number of hydrogen-bond acceptors (Lipinski definition) is 5. The van der Waals surface area contributed by atoms with Crippen molar-refractivity contribution in [2.45, 2.75) is 58.5 Å². The third kappa shape index (κ3) is 4.03. The smallest absolute Gasteiger partial charge is 0.255 e. The van der Waals surface area contributed by atoms with E-state index in [0.717, 1.165) is 31.0 Å². The number of carbonyl (C=O) groups excluding carboxylic acids is 1. The Kier molecular flexibility index (Phi) is 5.54. The highest BCUT2D eigenvalue weighted by atomic mass is 16.2. The van der Waals surface area contributed by atoms with Gasteiger partial charge in [-0.1, -0.05) is 0 Å². The van der Waals surface area contributed by atoms with Crippen molar-refractivity contribution < 1.29 is 4.79 Å². The van der Waals surface area contributed by atoms with E-state index in [1.807, 2.05) is 17.0 Å². The Morgan fingerprint density at radius 2 is 2.08 bits per heavy atom. The maximum atomic E-state index is 12.9. The summed E-state index contributed by atoms with van der Waals surface area (Å²) < 4.78 is 2.10. The van der Waals surface area contributed by atoms with Crippen molar-refractivity contribution in [3.05, 3.63) is 36.0 Å². The number of nitrogens with one attached hydrogen (secondary N) is 1. The summed E-state index contributed by atoms with van der Waals surface area (Å²) >= 11 is 0. The number of likely N-dealkylation sites (tertiary alicyclic amines) is 1. The van der Waals surface area contributed by atoms with Gasteiger partial charge in [-0.3, -0.25) is 4.79 Å². The number of pyridine rings is 1. The normalized spacial score (nSPS) is 17.8. The number of aromatic nitrogens is 4. The molecular weight excluding hydrogens is 328 g/mol. The maximum Gasteiger partial charge on any atom is 0.255 e. The molecule has 3 heterocycles. The monoisotopic (exact) mass is 356 g/mol. The highest BCUT2D eigenvalue weighted by molar-refractivity contribution is 5.94. The predicted molar refractivity (Wildman–Crippen MR) is 101 cm³/mol. The third-order valence-electron chi connectivity index (χ3n) is 4.68. The molecule has 0 aliphatic carbocycles. The van der Waals surface area contributed by atoms with E-state index in [-0.39, 0.29) is 11.8 Å². The van der Waals surface area contributed by atoms with Crippen LogP contribution < -0.4 is 5.32 Å². The van der Waals surface area contributed by atoms with E-state index in [1.165, 1.54) is 0 Å². The predicted octanol–water partition coefficient (Wildman–Crippen LogP) is 3.09. The van der Waals surface area contributed by atoms with E-state index in [9.17, 15) is 4.79 Å². The molecule has 1 aliphatic heterocycles. The lowest BCUT2D eigenvalue weighted by Crippen LogP contribution is -2.40. The van der Waals surface area contributed by atoms with Crippen molar-refractivity contribution >= 4 is 11.7 Å². The van der Waals surface area contributed by atoms with E-state index in [1.54, 1.807) is 12.5 Å². The summed E-state index contributed by atoms with van der Waals surface area (Å²) in [6.07, 6.45) is 5.45. The second kappa shape index (κ2) is 7.85. The molecule has 140 valence electrons. The van der Waals surface area contributed by atoms with Gasteiger partial charge in [0.05, 0.1) is 5.56 Å². The minimum absolute atomic E-state index is 0.0360. The van der Waals surface area contributed by atoms with E-state index in [2.05, 4.69) is 52.8 Å². The van der Waals surface area contributed by atoms with Crippen LogP contribution in [0.3, 0.4) is 0 Å². The minimum Gasteiger partial charge on any atom is -0.368 e. The summed E-state index contributed by atoms with van der Waals surface area (Å²) in [4.78, 5) is 19.2. The number of nitrogens with zero attached hydrogens (tertiary/aromatic N) is 5. The van der Waals surface area contributed by atoms with Crippen molar-refractivity contribution in [2.75, 3.05) is 18.4 Å². The standard InChI is InChI=1S/C19H28N6O/c1-13(2)22-17-8-7-15(10-20-17)19(26)24-9-5-6-16(11-24)18-23-21-12-25(18)14(3)4/h7-8,10,12-14,16H,5-6,9,11H2,1-4H3,(H,20,22). The van der Waals surface area contributed by atoms with Gasteiger partial charge in [0.1, 0.15) is 18.0 Å². The first-order chi connectivity index (χ1) is 12.5. The Morgan fingerprint density at radius 1 is 1.27 bits per heavy atom. The molecular formula is C19H28N6O. The van der Waals surface area contributed by atoms with Gasteiger partial charge in [-0.25, -0.2) is 4.98 Å². The summed E-state index contributed by atoms with van der Waals surface area (Å²) in [5, 5.41) is 11.6. The molecule has 0 bridgehead atoms. The fourth-order valence-electron chi connectivity index (χ4n) is 3.40. The second-order valence-electron chi connectivity index (χ2n) is 7.51. The lowest BCUT2D eigenvalue weighted by Gasteiger charge is -2.32. The molecule has 26 heavy (non-hydrogen) atoms. The maximum absolute atomic E-state index is 12.9. The fraction of sp³-hybridized carbons (Fsp3) is 0.579. The zero-order chi connectivity index (χ0) is 18.7. The van der Waals surface area contributed by atoms with Gasteiger partial charge in [0.2, 0.25) is 0 Å². The Labute approximate surface area is 154 Å². The molecule has 0 aromatic carbocycles. The van der Waals surface area contributed by atoms with Crippen LogP contribution in [0.15, 0.2) is 24.7 Å². The van der Waals surface area contributed by atoms with Gasteiger partial charge in [-0.05, 0) is 52.7 Å². The Bertz CT molecular complexity index is 737. The van der Waals surface area contributed by atoms with Gasteiger partial charge >= 0.3 is 0 Å². The summed E-state index contributed by atoms with van der Waals surface area (Å²) in [7, 11) is 0. The average Bonchev–Trinajstić information content (AvgIpc) is 3.11. The van der Waals surface area contributed by atoms with Crippen LogP contribution in [0.1, 0.15) is 68.7 Å². The van der Waals surface area contributed by atoms with Crippen molar-refractivity contribution in [1.82, 2.24) is 24.6 Å². The molecule has 0 saturated carbocycles. The van der Waals surface area contributed by atoms with Gasteiger partial charge in [0.25, 0.3) is 5.91 Å². The van der Waals surface area contributed by atoms with Crippen LogP contribution in [0, 0.1) is 0 Å². The average molecular weight is 356 g/mol. The molecule has 1 amide bonds. The minimum atomic E-state index is 0.0360. The molecule has 1 saturated heterocycles. The van der Waals surface area contributed by atoms with E-state index >= 15 is 0 Å². The van der Waals surface area contributed by atoms with Crippen LogP contribution in [0.4, 0.5) is 5.82 Å². The number of piperidine rings is 1. The molecule has 0 radical (unpaired) electrons. The summed E-state index contributed by atoms with van der Waals surface area (Å²) in [6.45, 7) is 9.82. The first-order valence-corrected chi connectivity index (χ1v) is 9.37. The van der Waals surface area contributed by atoms with E-state index in [0.29, 0.717) is 24.2 Å². The lowest BCUT2D eigenvalue weighted by molar-refractivity contribution is 0.0702. The number of hydrogen-bond donors (Lipinski definition) is 1. The highest BCUT2D eigenvalue weighted by Gasteiger charge is 2.29. The van der Waals surface area contributed by atoms with Gasteiger partial charge in [0, 0.05) is 37.3 Å². The number of rotatable bonds is 5. The number of carbonyl (C=O) groups is 1. The van der Waals surface area contributed by atoms with Crippen molar-refractivity contribution in [1.29, 1.82) is 0 Å². The fourth-order valence-corrected chi connectivity index (χ4v) is 3.40. The Hall–Kier alpha value is -2.44. The lowest BCUT2D eigenvalue weighted by atomic mass is 9.96. The molecule has 3 rings (SSSR count). The first-order valence-electron chi connectivity index (χ1n) is 9.37. The van der Waals surface area contributed by atoms with Crippen molar-refractivity contribution in [3.8, 4) is 0 Å². The highest BCUT2D eigenvalue weighted by Crippen LogP contribution is 2.27. The molecule has 2 aromatic rings. The summed E-state index contributed by atoms with van der Waals surface area (Å²) in [6, 6.07) is 4.34. The van der Waals surface area contributed by atoms with Crippen LogP contribution in [0.25, 0.3) is 0 Å². The van der Waals surface area contributed by atoms with E-state index in [4.69, 9.17) is 0 Å². The molecule has 7 nitrogen and oxygen atoms in total. The van der Waals surface area contributed by atoms with Gasteiger partial charge in [-0.2, -0.15) is 0 Å². The molecule has 1 N–H and O–H groups in total. The molecule has 1 atom stereocenters. The van der Waals surface area contributed by atoms with Gasteiger partial charge in [0.15, 0.2) is 0 Å². The third-order valence-corrected chi connectivity index (χ3v) is 4.68. The number of amides is 1. The molecule has 1 aliphatic rings. The molecule has 2 aromatic heterocycles. The molecule has 0 spiro atoms. The number of anilines is 1. The van der Waals surface area contributed by atoms with Crippen molar-refractivity contribution in [3.63, 3.8) is 0 Å². The summed E-state index contributed by atoms with van der Waals surface area (Å²) in [5.41, 5.74) is 0.630. The van der Waals surface area contributed by atoms with Crippen LogP contribution in [-0.4, -0.2) is 49.7 Å². The molecule has 1 fully saturated rings. The van der Waals surface area contributed by atoms with Crippen molar-refractivity contribution in [2.24, 2.45) is 0 Å². The first kappa shape index (κ1) is 18.4. The quantitative estimate of drug-likeness (QED) is 0.891. The van der Waals surface area contributed by atoms with Crippen LogP contribution in [0.5, 0.6) is 0 Å². The topological polar surface area (TPSA) is 75.9 Å². The SMILES string of the molecule is CC(C)Nc1ccc(C(=O)N2CCCC(c3nncn3C(C)C)C2)cn1. The summed E-state index contributed by atoms with van der Waals surface area (Å²) in [5.74, 6) is 2.03. The Morgan fingerprint density at radius 3 is 2.73 bits per heavy atom.